The van der Waals surface area contributed by atoms with Crippen LogP contribution in [0.4, 0.5) is 15.8 Å². The Balaban J connectivity index is 1.66. The zero-order valence-corrected chi connectivity index (χ0v) is 13.6. The van der Waals surface area contributed by atoms with Gasteiger partial charge in [-0.25, -0.2) is 4.39 Å². The highest BCUT2D eigenvalue weighted by molar-refractivity contribution is 5.95. The van der Waals surface area contributed by atoms with E-state index in [1.165, 1.54) is 37.8 Å². The van der Waals surface area contributed by atoms with E-state index < -0.39 is 0 Å². The molecule has 1 aromatic heterocycles. The molecule has 5 heteroatoms. The van der Waals surface area contributed by atoms with Crippen molar-refractivity contribution in [3.63, 3.8) is 0 Å². The second kappa shape index (κ2) is 7.90. The maximum absolute atomic E-state index is 13.3. The molecule has 1 aliphatic carbocycles. The van der Waals surface area contributed by atoms with Crippen molar-refractivity contribution in [2.75, 3.05) is 5.32 Å². The van der Waals surface area contributed by atoms with Gasteiger partial charge in [0.15, 0.2) is 0 Å². The Morgan fingerprint density at radius 1 is 1.04 bits per heavy atom. The number of anilines is 2. The molecule has 0 radical (unpaired) electrons. The first kappa shape index (κ1) is 16.4. The summed E-state index contributed by atoms with van der Waals surface area (Å²) in [5, 5.41) is 6.18. The molecule has 0 atom stereocenters. The predicted octanol–water partition coefficient (Wildman–Crippen LogP) is 4.42. The lowest BCUT2D eigenvalue weighted by atomic mass is 10.1. The minimum Gasteiger partial charge on any atom is -0.354 e. The number of carbonyl (C=O) groups is 1. The Morgan fingerprint density at radius 2 is 1.83 bits per heavy atom. The highest BCUT2D eigenvalue weighted by Crippen LogP contribution is 2.19. The van der Waals surface area contributed by atoms with E-state index in [9.17, 15) is 9.18 Å². The highest BCUT2D eigenvalue weighted by atomic mass is 19.1. The molecule has 2 N–H and O–H groups in total. The van der Waals surface area contributed by atoms with Crippen molar-refractivity contribution in [3.05, 3.63) is 54.1 Å². The van der Waals surface area contributed by atoms with Gasteiger partial charge in [0.1, 0.15) is 5.82 Å². The third-order valence-electron chi connectivity index (χ3n) is 4.30. The fraction of sp³-hybridized carbons (Fsp3) is 0.368. The van der Waals surface area contributed by atoms with Crippen molar-refractivity contribution in [3.8, 4) is 0 Å². The zero-order chi connectivity index (χ0) is 16.8. The second-order valence-electron chi connectivity index (χ2n) is 6.26. The van der Waals surface area contributed by atoms with Crippen molar-refractivity contribution < 1.29 is 9.18 Å². The van der Waals surface area contributed by atoms with Gasteiger partial charge in [0.25, 0.3) is 5.91 Å². The molecule has 0 bridgehead atoms. The first-order valence-corrected chi connectivity index (χ1v) is 8.49. The third kappa shape index (κ3) is 4.54. The quantitative estimate of drug-likeness (QED) is 0.818. The van der Waals surface area contributed by atoms with Crippen molar-refractivity contribution in [1.82, 2.24) is 10.3 Å². The first-order chi connectivity index (χ1) is 11.7. The summed E-state index contributed by atoms with van der Waals surface area (Å²) < 4.78 is 13.3. The molecule has 1 aliphatic rings. The zero-order valence-electron chi connectivity index (χ0n) is 13.6. The Kier molecular flexibility index (Phi) is 5.41. The lowest BCUT2D eigenvalue weighted by Crippen LogP contribution is -2.34. The molecule has 1 fully saturated rings. The maximum atomic E-state index is 13.3. The molecular weight excluding hydrogens is 305 g/mol. The number of amides is 1. The van der Waals surface area contributed by atoms with Crippen LogP contribution in [0.25, 0.3) is 0 Å². The molecule has 1 amide bonds. The normalized spacial score (nSPS) is 15.5. The number of rotatable bonds is 4. The number of nitrogens with zero attached hydrogens (tertiary/aromatic N) is 1. The Morgan fingerprint density at radius 3 is 2.58 bits per heavy atom. The Hall–Kier alpha value is -2.43. The van der Waals surface area contributed by atoms with Gasteiger partial charge in [-0.2, -0.15) is 0 Å². The number of hydrogen-bond acceptors (Lipinski definition) is 3. The minimum atomic E-state index is -0.310. The van der Waals surface area contributed by atoms with E-state index in [2.05, 4.69) is 15.6 Å². The van der Waals surface area contributed by atoms with Gasteiger partial charge >= 0.3 is 0 Å². The SMILES string of the molecule is O=C(NC1CCCCCC1)c1cncc(Nc2cccc(F)c2)c1. The van der Waals surface area contributed by atoms with Gasteiger partial charge in [-0.05, 0) is 37.1 Å². The number of carbonyl (C=O) groups excluding carboxylic acids is 1. The molecule has 3 rings (SSSR count). The van der Waals surface area contributed by atoms with Crippen molar-refractivity contribution in [1.29, 1.82) is 0 Å². The number of aromatic nitrogens is 1. The molecule has 0 aliphatic heterocycles. The Bertz CT molecular complexity index is 697. The molecule has 4 nitrogen and oxygen atoms in total. The van der Waals surface area contributed by atoms with E-state index in [4.69, 9.17) is 0 Å². The van der Waals surface area contributed by atoms with Gasteiger partial charge in [0.05, 0.1) is 17.4 Å². The van der Waals surface area contributed by atoms with E-state index in [-0.39, 0.29) is 17.8 Å². The van der Waals surface area contributed by atoms with Gasteiger partial charge in [-0.3, -0.25) is 9.78 Å². The van der Waals surface area contributed by atoms with Gasteiger partial charge in [0.2, 0.25) is 0 Å². The standard InChI is InChI=1S/C19H22FN3O/c20-15-6-5-9-17(11-15)22-18-10-14(12-21-13-18)19(24)23-16-7-3-1-2-4-8-16/h5-6,9-13,16,22H,1-4,7-8H2,(H,23,24). The number of benzene rings is 1. The predicted molar refractivity (Wildman–Crippen MR) is 92.9 cm³/mol. The molecule has 0 unspecified atom stereocenters. The Labute approximate surface area is 141 Å². The van der Waals surface area contributed by atoms with Crippen LogP contribution in [-0.2, 0) is 0 Å². The summed E-state index contributed by atoms with van der Waals surface area (Å²) in [5.41, 5.74) is 1.80. The summed E-state index contributed by atoms with van der Waals surface area (Å²) in [6.45, 7) is 0. The molecule has 1 saturated carbocycles. The molecule has 24 heavy (non-hydrogen) atoms. The average molecular weight is 327 g/mol. The van der Waals surface area contributed by atoms with E-state index in [1.807, 2.05) is 0 Å². The lowest BCUT2D eigenvalue weighted by Gasteiger charge is -2.16. The summed E-state index contributed by atoms with van der Waals surface area (Å²) >= 11 is 0. The van der Waals surface area contributed by atoms with Gasteiger partial charge in [0, 0.05) is 17.9 Å². The van der Waals surface area contributed by atoms with Crippen molar-refractivity contribution in [2.45, 2.75) is 44.6 Å². The second-order valence-corrected chi connectivity index (χ2v) is 6.26. The van der Waals surface area contributed by atoms with Gasteiger partial charge in [-0.1, -0.05) is 31.7 Å². The summed E-state index contributed by atoms with van der Waals surface area (Å²) in [7, 11) is 0. The topological polar surface area (TPSA) is 54.0 Å². The molecule has 1 heterocycles. The van der Waals surface area contributed by atoms with Crippen LogP contribution in [0.3, 0.4) is 0 Å². The van der Waals surface area contributed by atoms with E-state index >= 15 is 0 Å². The largest absolute Gasteiger partial charge is 0.354 e. The van der Waals surface area contributed by atoms with Crippen LogP contribution in [0.15, 0.2) is 42.7 Å². The molecular formula is C19H22FN3O. The van der Waals surface area contributed by atoms with Crippen LogP contribution in [0.1, 0.15) is 48.9 Å². The summed E-state index contributed by atoms with van der Waals surface area (Å²) in [4.78, 5) is 16.6. The summed E-state index contributed by atoms with van der Waals surface area (Å²) in [6, 6.07) is 8.18. The van der Waals surface area contributed by atoms with Crippen LogP contribution in [0.5, 0.6) is 0 Å². The van der Waals surface area contributed by atoms with Crippen molar-refractivity contribution >= 4 is 17.3 Å². The number of nitrogens with one attached hydrogen (secondary N) is 2. The number of pyridine rings is 1. The third-order valence-corrected chi connectivity index (χ3v) is 4.30. The molecule has 0 saturated heterocycles. The number of halogens is 1. The lowest BCUT2D eigenvalue weighted by molar-refractivity contribution is 0.0933. The molecule has 1 aromatic carbocycles. The van der Waals surface area contributed by atoms with E-state index in [1.54, 1.807) is 30.6 Å². The summed E-state index contributed by atoms with van der Waals surface area (Å²) in [5.74, 6) is -0.410. The molecule has 2 aromatic rings. The molecule has 0 spiro atoms. The number of hydrogen-bond donors (Lipinski definition) is 2. The van der Waals surface area contributed by atoms with Crippen LogP contribution < -0.4 is 10.6 Å². The highest BCUT2D eigenvalue weighted by Gasteiger charge is 2.16. The van der Waals surface area contributed by atoms with Gasteiger partial charge in [-0.15, -0.1) is 0 Å². The monoisotopic (exact) mass is 327 g/mol. The van der Waals surface area contributed by atoms with Crippen LogP contribution in [-0.4, -0.2) is 16.9 Å². The smallest absolute Gasteiger partial charge is 0.253 e. The summed E-state index contributed by atoms with van der Waals surface area (Å²) in [6.07, 6.45) is 10.1. The van der Waals surface area contributed by atoms with Crippen molar-refractivity contribution in [2.24, 2.45) is 0 Å². The van der Waals surface area contributed by atoms with Crippen LogP contribution >= 0.6 is 0 Å². The first-order valence-electron chi connectivity index (χ1n) is 8.49. The fourth-order valence-electron chi connectivity index (χ4n) is 3.06. The van der Waals surface area contributed by atoms with E-state index in [0.29, 0.717) is 16.9 Å². The fourth-order valence-corrected chi connectivity index (χ4v) is 3.06. The van der Waals surface area contributed by atoms with Crippen LogP contribution in [0.2, 0.25) is 0 Å². The van der Waals surface area contributed by atoms with E-state index in [0.717, 1.165) is 12.8 Å². The molecule has 126 valence electrons. The minimum absolute atomic E-state index is 0.0997. The maximum Gasteiger partial charge on any atom is 0.253 e. The van der Waals surface area contributed by atoms with Crippen LogP contribution in [0, 0.1) is 5.82 Å². The average Bonchev–Trinajstić information content (AvgIpc) is 2.84. The van der Waals surface area contributed by atoms with Gasteiger partial charge < -0.3 is 10.6 Å².